The van der Waals surface area contributed by atoms with Gasteiger partial charge in [0.25, 0.3) is 0 Å². The molecule has 0 aliphatic rings. The molecule has 0 saturated carbocycles. The minimum absolute atomic E-state index is 0.464. The van der Waals surface area contributed by atoms with Gasteiger partial charge >= 0.3 is 0 Å². The Balaban J connectivity index is 1.75. The summed E-state index contributed by atoms with van der Waals surface area (Å²) in [6, 6.07) is 16.7. The van der Waals surface area contributed by atoms with Crippen LogP contribution < -0.4 is 10.1 Å². The molecule has 0 saturated heterocycles. The third kappa shape index (κ3) is 5.41. The molecular formula is C18H22ClNO. The number of rotatable bonds is 7. The molecule has 1 atom stereocenters. The maximum Gasteiger partial charge on any atom is 0.118 e. The largest absolute Gasteiger partial charge is 0.497 e. The van der Waals surface area contributed by atoms with Gasteiger partial charge in [0.2, 0.25) is 0 Å². The topological polar surface area (TPSA) is 21.3 Å². The Morgan fingerprint density at radius 2 is 1.86 bits per heavy atom. The van der Waals surface area contributed by atoms with Crippen molar-refractivity contribution in [2.45, 2.75) is 32.4 Å². The van der Waals surface area contributed by atoms with Crippen molar-refractivity contribution in [2.75, 3.05) is 7.11 Å². The summed E-state index contributed by atoms with van der Waals surface area (Å²) in [4.78, 5) is 0. The van der Waals surface area contributed by atoms with Crippen LogP contribution in [-0.4, -0.2) is 13.2 Å². The molecule has 0 amide bonds. The van der Waals surface area contributed by atoms with Crippen LogP contribution in [0.1, 0.15) is 24.5 Å². The molecule has 1 N–H and O–H groups in total. The van der Waals surface area contributed by atoms with E-state index in [4.69, 9.17) is 16.3 Å². The van der Waals surface area contributed by atoms with Gasteiger partial charge in [-0.1, -0.05) is 35.9 Å². The summed E-state index contributed by atoms with van der Waals surface area (Å²) < 4.78 is 5.17. The number of aryl methyl sites for hydroxylation is 1. The molecule has 2 rings (SSSR count). The predicted molar refractivity (Wildman–Crippen MR) is 89.1 cm³/mol. The highest BCUT2D eigenvalue weighted by molar-refractivity contribution is 6.30. The highest BCUT2D eigenvalue weighted by atomic mass is 35.5. The van der Waals surface area contributed by atoms with Crippen LogP contribution in [0.25, 0.3) is 0 Å². The third-order valence-corrected chi connectivity index (χ3v) is 3.80. The monoisotopic (exact) mass is 303 g/mol. The number of hydrogen-bond donors (Lipinski definition) is 1. The second-order valence-electron chi connectivity index (χ2n) is 5.30. The SMILES string of the molecule is COc1ccc(CCC(C)NCc2cccc(Cl)c2)cc1. The number of methoxy groups -OCH3 is 1. The van der Waals surface area contributed by atoms with E-state index in [-0.39, 0.29) is 0 Å². The number of nitrogens with one attached hydrogen (secondary N) is 1. The summed E-state index contributed by atoms with van der Waals surface area (Å²) in [5.41, 5.74) is 2.56. The van der Waals surface area contributed by atoms with Crippen molar-refractivity contribution in [3.63, 3.8) is 0 Å². The zero-order chi connectivity index (χ0) is 15.1. The Morgan fingerprint density at radius 3 is 2.52 bits per heavy atom. The van der Waals surface area contributed by atoms with Gasteiger partial charge in [-0.2, -0.15) is 0 Å². The van der Waals surface area contributed by atoms with Crippen molar-refractivity contribution < 1.29 is 4.74 Å². The molecule has 2 aromatic rings. The van der Waals surface area contributed by atoms with Crippen molar-refractivity contribution in [3.8, 4) is 5.75 Å². The lowest BCUT2D eigenvalue weighted by Gasteiger charge is -2.14. The molecule has 1 unspecified atom stereocenters. The molecule has 3 heteroatoms. The van der Waals surface area contributed by atoms with Gasteiger partial charge < -0.3 is 10.1 Å². The molecule has 21 heavy (non-hydrogen) atoms. The van der Waals surface area contributed by atoms with E-state index in [1.165, 1.54) is 11.1 Å². The summed E-state index contributed by atoms with van der Waals surface area (Å²) in [6.07, 6.45) is 2.17. The zero-order valence-electron chi connectivity index (χ0n) is 12.6. The number of ether oxygens (including phenoxy) is 1. The van der Waals surface area contributed by atoms with E-state index in [1.807, 2.05) is 30.3 Å². The lowest BCUT2D eigenvalue weighted by atomic mass is 10.1. The summed E-state index contributed by atoms with van der Waals surface area (Å²) in [5, 5.41) is 4.33. The summed E-state index contributed by atoms with van der Waals surface area (Å²) >= 11 is 5.99. The van der Waals surface area contributed by atoms with E-state index in [9.17, 15) is 0 Å². The second-order valence-corrected chi connectivity index (χ2v) is 5.74. The summed E-state index contributed by atoms with van der Waals surface area (Å²) in [6.45, 7) is 3.07. The average Bonchev–Trinajstić information content (AvgIpc) is 2.51. The quantitative estimate of drug-likeness (QED) is 0.815. The second kappa shape index (κ2) is 8.06. The average molecular weight is 304 g/mol. The van der Waals surface area contributed by atoms with Gasteiger partial charge in [0.15, 0.2) is 0 Å². The van der Waals surface area contributed by atoms with Crippen molar-refractivity contribution in [3.05, 3.63) is 64.7 Å². The fourth-order valence-electron chi connectivity index (χ4n) is 2.22. The van der Waals surface area contributed by atoms with E-state index >= 15 is 0 Å². The summed E-state index contributed by atoms with van der Waals surface area (Å²) in [5.74, 6) is 0.908. The summed E-state index contributed by atoms with van der Waals surface area (Å²) in [7, 11) is 1.69. The molecule has 0 bridgehead atoms. The molecule has 0 heterocycles. The lowest BCUT2D eigenvalue weighted by molar-refractivity contribution is 0.414. The maximum absolute atomic E-state index is 5.99. The first-order chi connectivity index (χ1) is 10.2. The fraction of sp³-hybridized carbons (Fsp3) is 0.333. The fourth-order valence-corrected chi connectivity index (χ4v) is 2.43. The van der Waals surface area contributed by atoms with Crippen molar-refractivity contribution >= 4 is 11.6 Å². The first-order valence-corrected chi connectivity index (χ1v) is 7.66. The molecule has 0 fully saturated rings. The van der Waals surface area contributed by atoms with Crippen molar-refractivity contribution in [2.24, 2.45) is 0 Å². The van der Waals surface area contributed by atoms with E-state index in [0.29, 0.717) is 6.04 Å². The van der Waals surface area contributed by atoms with Crippen molar-refractivity contribution in [1.82, 2.24) is 5.32 Å². The van der Waals surface area contributed by atoms with Crippen LogP contribution in [-0.2, 0) is 13.0 Å². The number of benzene rings is 2. The van der Waals surface area contributed by atoms with Crippen LogP contribution in [0.15, 0.2) is 48.5 Å². The molecule has 0 radical (unpaired) electrons. The first kappa shape index (κ1) is 15.9. The maximum atomic E-state index is 5.99. The van der Waals surface area contributed by atoms with Gasteiger partial charge in [-0.05, 0) is 55.2 Å². The van der Waals surface area contributed by atoms with Gasteiger partial charge in [0, 0.05) is 17.6 Å². The normalized spacial score (nSPS) is 12.1. The van der Waals surface area contributed by atoms with E-state index < -0.39 is 0 Å². The minimum Gasteiger partial charge on any atom is -0.497 e. The van der Waals surface area contributed by atoms with Crippen LogP contribution in [0.5, 0.6) is 5.75 Å². The van der Waals surface area contributed by atoms with Crippen LogP contribution in [0.4, 0.5) is 0 Å². The van der Waals surface area contributed by atoms with Crippen LogP contribution in [0, 0.1) is 0 Å². The Kier molecular flexibility index (Phi) is 6.09. The van der Waals surface area contributed by atoms with Crippen LogP contribution in [0.2, 0.25) is 5.02 Å². The smallest absolute Gasteiger partial charge is 0.118 e. The van der Waals surface area contributed by atoms with Gasteiger partial charge in [-0.15, -0.1) is 0 Å². The molecular weight excluding hydrogens is 282 g/mol. The van der Waals surface area contributed by atoms with Gasteiger partial charge in [0.1, 0.15) is 5.75 Å². The molecule has 0 spiro atoms. The van der Waals surface area contributed by atoms with E-state index in [1.54, 1.807) is 7.11 Å². The van der Waals surface area contributed by atoms with Crippen molar-refractivity contribution in [1.29, 1.82) is 0 Å². The molecule has 2 nitrogen and oxygen atoms in total. The Bertz CT molecular complexity index is 553. The van der Waals surface area contributed by atoms with Gasteiger partial charge in [-0.25, -0.2) is 0 Å². The Morgan fingerprint density at radius 1 is 1.10 bits per heavy atom. The lowest BCUT2D eigenvalue weighted by Crippen LogP contribution is -2.25. The standard InChI is InChI=1S/C18H22ClNO/c1-14(20-13-16-4-3-5-17(19)12-16)6-7-15-8-10-18(21-2)11-9-15/h3-5,8-12,14,20H,6-7,13H2,1-2H3. The molecule has 0 aromatic heterocycles. The van der Waals surface area contributed by atoms with Gasteiger partial charge in [0.05, 0.1) is 7.11 Å². The van der Waals surface area contributed by atoms with E-state index in [0.717, 1.165) is 30.2 Å². The molecule has 2 aromatic carbocycles. The Hall–Kier alpha value is -1.51. The molecule has 0 aliphatic carbocycles. The first-order valence-electron chi connectivity index (χ1n) is 7.28. The number of halogens is 1. The Labute approximate surface area is 132 Å². The highest BCUT2D eigenvalue weighted by Crippen LogP contribution is 2.14. The predicted octanol–water partition coefficient (Wildman–Crippen LogP) is 4.46. The zero-order valence-corrected chi connectivity index (χ0v) is 13.4. The van der Waals surface area contributed by atoms with Crippen LogP contribution in [0.3, 0.4) is 0 Å². The highest BCUT2D eigenvalue weighted by Gasteiger charge is 2.03. The van der Waals surface area contributed by atoms with Crippen LogP contribution >= 0.6 is 11.6 Å². The van der Waals surface area contributed by atoms with E-state index in [2.05, 4.69) is 30.4 Å². The van der Waals surface area contributed by atoms with Gasteiger partial charge in [-0.3, -0.25) is 0 Å². The minimum atomic E-state index is 0.464. The third-order valence-electron chi connectivity index (χ3n) is 3.57. The molecule has 0 aliphatic heterocycles. The molecule has 112 valence electrons. The number of hydrogen-bond acceptors (Lipinski definition) is 2.